The van der Waals surface area contributed by atoms with Crippen molar-refractivity contribution in [3.05, 3.63) is 16.4 Å². The molecule has 1 saturated heterocycles. The van der Waals surface area contributed by atoms with Crippen molar-refractivity contribution >= 4 is 11.6 Å². The first kappa shape index (κ1) is 14.8. The van der Waals surface area contributed by atoms with E-state index in [2.05, 4.69) is 25.9 Å². The van der Waals surface area contributed by atoms with Crippen LogP contribution in [-0.4, -0.2) is 28.5 Å². The summed E-state index contributed by atoms with van der Waals surface area (Å²) in [6.45, 7) is 7.91. The molecular formula is C14H24ClN3O. The average molecular weight is 286 g/mol. The molecule has 1 fully saturated rings. The molecule has 0 bridgehead atoms. The van der Waals surface area contributed by atoms with Gasteiger partial charge >= 0.3 is 0 Å². The van der Waals surface area contributed by atoms with Gasteiger partial charge in [0.05, 0.1) is 22.5 Å². The Morgan fingerprint density at radius 1 is 1.53 bits per heavy atom. The van der Waals surface area contributed by atoms with Crippen molar-refractivity contribution in [1.82, 2.24) is 9.78 Å². The zero-order chi connectivity index (χ0) is 14.0. The highest BCUT2D eigenvalue weighted by atomic mass is 35.5. The van der Waals surface area contributed by atoms with Crippen molar-refractivity contribution in [2.24, 2.45) is 11.7 Å². The van der Waals surface area contributed by atoms with Crippen LogP contribution >= 0.6 is 11.6 Å². The zero-order valence-electron chi connectivity index (χ0n) is 12.0. The lowest BCUT2D eigenvalue weighted by Gasteiger charge is -2.22. The molecule has 2 N–H and O–H groups in total. The SMILES string of the molecule is CCc1nn(CC)c(CC(N)C2CCOC2C)c1Cl. The van der Waals surface area contributed by atoms with E-state index >= 15 is 0 Å². The van der Waals surface area contributed by atoms with Gasteiger partial charge in [-0.2, -0.15) is 5.10 Å². The number of aryl methyl sites for hydroxylation is 2. The Kier molecular flexibility index (Phi) is 4.87. The lowest BCUT2D eigenvalue weighted by Crippen LogP contribution is -2.36. The van der Waals surface area contributed by atoms with Crippen molar-refractivity contribution in [2.45, 2.75) is 58.7 Å². The first-order chi connectivity index (χ1) is 9.08. The van der Waals surface area contributed by atoms with Crippen LogP contribution in [-0.2, 0) is 24.1 Å². The first-order valence-corrected chi connectivity index (χ1v) is 7.57. The molecule has 4 nitrogen and oxygen atoms in total. The smallest absolute Gasteiger partial charge is 0.0850 e. The molecule has 0 radical (unpaired) electrons. The first-order valence-electron chi connectivity index (χ1n) is 7.19. The highest BCUT2D eigenvalue weighted by Gasteiger charge is 2.31. The van der Waals surface area contributed by atoms with Crippen LogP contribution in [0.15, 0.2) is 0 Å². The van der Waals surface area contributed by atoms with Crippen LogP contribution in [0.5, 0.6) is 0 Å². The van der Waals surface area contributed by atoms with Gasteiger partial charge in [-0.25, -0.2) is 0 Å². The minimum atomic E-state index is 0.0849. The van der Waals surface area contributed by atoms with Crippen LogP contribution in [0.4, 0.5) is 0 Å². The lowest BCUT2D eigenvalue weighted by molar-refractivity contribution is 0.0993. The summed E-state index contributed by atoms with van der Waals surface area (Å²) in [4.78, 5) is 0. The van der Waals surface area contributed by atoms with E-state index in [0.717, 1.165) is 48.8 Å². The Labute approximate surface area is 120 Å². The van der Waals surface area contributed by atoms with E-state index in [1.165, 1.54) is 0 Å². The van der Waals surface area contributed by atoms with Gasteiger partial charge < -0.3 is 10.5 Å². The monoisotopic (exact) mass is 285 g/mol. The molecule has 5 heteroatoms. The number of ether oxygens (including phenoxy) is 1. The maximum Gasteiger partial charge on any atom is 0.0850 e. The van der Waals surface area contributed by atoms with Gasteiger partial charge in [-0.15, -0.1) is 0 Å². The molecule has 0 saturated carbocycles. The van der Waals surface area contributed by atoms with Gasteiger partial charge in [-0.3, -0.25) is 4.68 Å². The van der Waals surface area contributed by atoms with Gasteiger partial charge in [-0.1, -0.05) is 18.5 Å². The topological polar surface area (TPSA) is 53.1 Å². The van der Waals surface area contributed by atoms with Crippen LogP contribution in [0.25, 0.3) is 0 Å². The van der Waals surface area contributed by atoms with E-state index in [1.54, 1.807) is 0 Å². The summed E-state index contributed by atoms with van der Waals surface area (Å²) in [5.41, 5.74) is 8.41. The number of hydrogen-bond donors (Lipinski definition) is 1. The summed E-state index contributed by atoms with van der Waals surface area (Å²) >= 11 is 6.43. The van der Waals surface area contributed by atoms with E-state index in [-0.39, 0.29) is 12.1 Å². The maximum absolute atomic E-state index is 6.43. The zero-order valence-corrected chi connectivity index (χ0v) is 12.8. The largest absolute Gasteiger partial charge is 0.378 e. The standard InChI is InChI=1S/C14H24ClN3O/c1-4-12-14(15)13(18(5-2)17-12)8-11(16)10-6-7-19-9(10)3/h9-11H,4-8,16H2,1-3H3. The number of hydrogen-bond acceptors (Lipinski definition) is 3. The van der Waals surface area contributed by atoms with Crippen molar-refractivity contribution in [1.29, 1.82) is 0 Å². The van der Waals surface area contributed by atoms with Crippen LogP contribution in [0.1, 0.15) is 38.6 Å². The minimum absolute atomic E-state index is 0.0849. The third-order valence-corrected chi connectivity index (χ3v) is 4.54. The highest BCUT2D eigenvalue weighted by Crippen LogP contribution is 2.28. The number of nitrogens with two attached hydrogens (primary N) is 1. The molecule has 0 amide bonds. The van der Waals surface area contributed by atoms with Crippen LogP contribution in [0.2, 0.25) is 5.02 Å². The van der Waals surface area contributed by atoms with Gasteiger partial charge in [-0.05, 0) is 26.7 Å². The van der Waals surface area contributed by atoms with E-state index in [9.17, 15) is 0 Å². The summed E-state index contributed by atoms with van der Waals surface area (Å²) < 4.78 is 7.59. The second-order valence-electron chi connectivity index (χ2n) is 5.27. The molecule has 3 atom stereocenters. The predicted octanol–water partition coefficient (Wildman–Crippen LogP) is 2.41. The molecule has 1 aliphatic heterocycles. The molecule has 2 rings (SSSR count). The molecule has 0 aliphatic carbocycles. The van der Waals surface area contributed by atoms with Gasteiger partial charge in [0.15, 0.2) is 0 Å². The van der Waals surface area contributed by atoms with Gasteiger partial charge in [0.2, 0.25) is 0 Å². The Bertz CT molecular complexity index is 433. The third-order valence-electron chi connectivity index (χ3n) is 4.11. The summed E-state index contributed by atoms with van der Waals surface area (Å²) in [5.74, 6) is 0.418. The van der Waals surface area contributed by atoms with Gasteiger partial charge in [0.1, 0.15) is 0 Å². The van der Waals surface area contributed by atoms with Crippen molar-refractivity contribution in [3.63, 3.8) is 0 Å². The molecule has 2 heterocycles. The van der Waals surface area contributed by atoms with Crippen molar-refractivity contribution in [2.75, 3.05) is 6.61 Å². The number of rotatable bonds is 5. The molecule has 0 spiro atoms. The summed E-state index contributed by atoms with van der Waals surface area (Å²) in [6.07, 6.45) is 2.92. The van der Waals surface area contributed by atoms with E-state index in [0.29, 0.717) is 5.92 Å². The Morgan fingerprint density at radius 2 is 2.26 bits per heavy atom. The molecule has 0 aromatic carbocycles. The maximum atomic E-state index is 6.43. The molecule has 3 unspecified atom stereocenters. The molecule has 1 aromatic rings. The quantitative estimate of drug-likeness (QED) is 0.904. The molecule has 1 aliphatic rings. The molecule has 19 heavy (non-hydrogen) atoms. The van der Waals surface area contributed by atoms with Crippen molar-refractivity contribution in [3.8, 4) is 0 Å². The summed E-state index contributed by atoms with van der Waals surface area (Å²) in [7, 11) is 0. The fourth-order valence-electron chi connectivity index (χ4n) is 2.90. The fraction of sp³-hybridized carbons (Fsp3) is 0.786. The molecule has 108 valence electrons. The molecular weight excluding hydrogens is 262 g/mol. The highest BCUT2D eigenvalue weighted by molar-refractivity contribution is 6.31. The van der Waals surface area contributed by atoms with Gasteiger partial charge in [0.25, 0.3) is 0 Å². The van der Waals surface area contributed by atoms with Crippen molar-refractivity contribution < 1.29 is 4.74 Å². The summed E-state index contributed by atoms with van der Waals surface area (Å²) in [5, 5.41) is 5.34. The average Bonchev–Trinajstić information content (AvgIpc) is 2.95. The summed E-state index contributed by atoms with van der Waals surface area (Å²) in [6, 6.07) is 0.0849. The minimum Gasteiger partial charge on any atom is -0.378 e. The lowest BCUT2D eigenvalue weighted by atomic mass is 9.91. The van der Waals surface area contributed by atoms with Crippen LogP contribution in [0, 0.1) is 5.92 Å². The number of nitrogens with zero attached hydrogens (tertiary/aromatic N) is 2. The predicted molar refractivity (Wildman–Crippen MR) is 77.5 cm³/mol. The van der Waals surface area contributed by atoms with E-state index < -0.39 is 0 Å². The normalized spacial score (nSPS) is 24.9. The van der Waals surface area contributed by atoms with E-state index in [1.807, 2.05) is 4.68 Å². The molecule has 1 aromatic heterocycles. The Morgan fingerprint density at radius 3 is 2.79 bits per heavy atom. The number of aromatic nitrogens is 2. The van der Waals surface area contributed by atoms with Crippen LogP contribution in [0.3, 0.4) is 0 Å². The Balaban J connectivity index is 2.15. The van der Waals surface area contributed by atoms with E-state index in [4.69, 9.17) is 22.1 Å². The fourth-order valence-corrected chi connectivity index (χ4v) is 3.24. The Hall–Kier alpha value is -0.580. The van der Waals surface area contributed by atoms with Gasteiger partial charge in [0, 0.05) is 31.5 Å². The van der Waals surface area contributed by atoms with Crippen LogP contribution < -0.4 is 5.73 Å². The third kappa shape index (κ3) is 2.96. The second-order valence-corrected chi connectivity index (χ2v) is 5.65. The number of halogens is 1. The second kappa shape index (κ2) is 6.25.